The van der Waals surface area contributed by atoms with Crippen LogP contribution >= 0.6 is 7.82 Å². The van der Waals surface area contributed by atoms with Gasteiger partial charge in [-0.3, -0.25) is 0 Å². The van der Waals surface area contributed by atoms with Crippen molar-refractivity contribution in [2.45, 2.75) is 0 Å². The van der Waals surface area contributed by atoms with E-state index in [1.807, 2.05) is 0 Å². The van der Waals surface area contributed by atoms with Crippen LogP contribution in [0, 0.1) is 0 Å². The SMILES string of the molecule is O=P([O-])([O-])OCO.[Na+].[Na+]. The Balaban J connectivity index is -0.000000180. The second-order valence-corrected chi connectivity index (χ2v) is 1.86. The first-order valence-corrected chi connectivity index (χ1v) is 2.80. The van der Waals surface area contributed by atoms with Gasteiger partial charge in [0, 0.05) is 0 Å². The van der Waals surface area contributed by atoms with E-state index in [0.717, 1.165) is 0 Å². The first-order valence-electron chi connectivity index (χ1n) is 1.34. The Hall–Kier alpha value is 2.07. The molecule has 0 spiro atoms. The Morgan fingerprint density at radius 3 is 1.78 bits per heavy atom. The van der Waals surface area contributed by atoms with Crippen molar-refractivity contribution >= 4 is 7.82 Å². The first kappa shape index (κ1) is 17.2. The van der Waals surface area contributed by atoms with Crippen LogP contribution in [-0.4, -0.2) is 11.9 Å². The normalized spacial score (nSPS) is 9.22. The second-order valence-electron chi connectivity index (χ2n) is 0.705. The topological polar surface area (TPSA) is 92.7 Å². The number of phosphoric acid groups is 1. The van der Waals surface area contributed by atoms with E-state index in [1.165, 1.54) is 0 Å². The fraction of sp³-hybridized carbons (Fsp3) is 1.00. The molecule has 0 aromatic carbocycles. The van der Waals surface area contributed by atoms with Gasteiger partial charge in [-0.2, -0.15) is 0 Å². The van der Waals surface area contributed by atoms with Crippen LogP contribution in [0.5, 0.6) is 0 Å². The Kier molecular flexibility index (Phi) is 15.6. The minimum absolute atomic E-state index is 0. The number of hydrogen-bond donors (Lipinski definition) is 1. The molecule has 0 radical (unpaired) electrons. The Morgan fingerprint density at radius 1 is 1.44 bits per heavy atom. The molecule has 0 aromatic heterocycles. The van der Waals surface area contributed by atoms with Crippen molar-refractivity contribution < 1.29 is 83.1 Å². The third-order valence-corrected chi connectivity index (χ3v) is 0.648. The standard InChI is InChI=1S/CH5O5P.2Na/c2-1-6-7(3,4)5;;/h2H,1H2,(H2,3,4,5);;/q;2*+1/p-2. The van der Waals surface area contributed by atoms with Crippen LogP contribution in [-0.2, 0) is 9.09 Å². The molecule has 0 atom stereocenters. The second kappa shape index (κ2) is 8.17. The number of phosphoric ester groups is 1. The zero-order valence-corrected chi connectivity index (χ0v) is 10.1. The van der Waals surface area contributed by atoms with Crippen molar-refractivity contribution in [1.29, 1.82) is 0 Å². The van der Waals surface area contributed by atoms with Crippen molar-refractivity contribution in [2.24, 2.45) is 0 Å². The fourth-order valence-corrected chi connectivity index (χ4v) is 0.212. The molecule has 1 N–H and O–H groups in total. The third-order valence-electron chi connectivity index (χ3n) is 0.216. The van der Waals surface area contributed by atoms with Gasteiger partial charge in [-0.1, -0.05) is 0 Å². The average Bonchev–Trinajstić information content (AvgIpc) is 1.30. The molecule has 0 aliphatic carbocycles. The summed E-state index contributed by atoms with van der Waals surface area (Å²) in [6, 6.07) is 0. The summed E-state index contributed by atoms with van der Waals surface area (Å²) >= 11 is 0. The van der Waals surface area contributed by atoms with Crippen molar-refractivity contribution in [3.05, 3.63) is 0 Å². The predicted octanol–water partition coefficient (Wildman–Crippen LogP) is -8.21. The molecular weight excluding hydrogens is 169 g/mol. The van der Waals surface area contributed by atoms with E-state index in [-0.39, 0.29) is 59.1 Å². The molecule has 8 heteroatoms. The van der Waals surface area contributed by atoms with Gasteiger partial charge in [0.15, 0.2) is 0 Å². The molecule has 44 valence electrons. The van der Waals surface area contributed by atoms with Crippen molar-refractivity contribution in [1.82, 2.24) is 0 Å². The van der Waals surface area contributed by atoms with Crippen molar-refractivity contribution in [3.8, 4) is 0 Å². The van der Waals surface area contributed by atoms with E-state index in [2.05, 4.69) is 4.52 Å². The van der Waals surface area contributed by atoms with Gasteiger partial charge in [-0.15, -0.1) is 0 Å². The smallest absolute Gasteiger partial charge is 0.790 e. The first-order chi connectivity index (χ1) is 3.06. The van der Waals surface area contributed by atoms with E-state index < -0.39 is 14.6 Å². The summed E-state index contributed by atoms with van der Waals surface area (Å²) in [7, 11) is -4.92. The van der Waals surface area contributed by atoms with E-state index in [1.54, 1.807) is 0 Å². The Bertz CT molecular complexity index is 89.0. The Labute approximate surface area is 96.6 Å². The molecular formula is CH3Na2O5P. The Morgan fingerprint density at radius 2 is 1.78 bits per heavy atom. The molecule has 0 rings (SSSR count). The molecule has 0 bridgehead atoms. The molecule has 0 heterocycles. The van der Waals surface area contributed by atoms with Crippen LogP contribution in [0.25, 0.3) is 0 Å². The van der Waals surface area contributed by atoms with Gasteiger partial charge >= 0.3 is 59.1 Å². The van der Waals surface area contributed by atoms with Gasteiger partial charge in [0.2, 0.25) is 0 Å². The summed E-state index contributed by atoms with van der Waals surface area (Å²) in [5, 5.41) is 7.61. The van der Waals surface area contributed by atoms with E-state index >= 15 is 0 Å². The molecule has 0 saturated heterocycles. The van der Waals surface area contributed by atoms with Gasteiger partial charge in [0.05, 0.1) is 7.82 Å². The minimum atomic E-state index is -4.92. The van der Waals surface area contributed by atoms with E-state index in [4.69, 9.17) is 5.11 Å². The van der Waals surface area contributed by atoms with Gasteiger partial charge in [-0.05, 0) is 0 Å². The molecule has 0 unspecified atom stereocenters. The van der Waals surface area contributed by atoms with Crippen molar-refractivity contribution in [2.75, 3.05) is 6.79 Å². The summed E-state index contributed by atoms with van der Waals surface area (Å²) in [6.07, 6.45) is 0. The average molecular weight is 172 g/mol. The van der Waals surface area contributed by atoms with Crippen LogP contribution in [0.2, 0.25) is 0 Å². The molecule has 0 aromatic rings. The van der Waals surface area contributed by atoms with Crippen LogP contribution in [0.3, 0.4) is 0 Å². The van der Waals surface area contributed by atoms with Crippen LogP contribution in [0.15, 0.2) is 0 Å². The predicted molar refractivity (Wildman–Crippen MR) is 15.8 cm³/mol. The minimum Gasteiger partial charge on any atom is -0.790 e. The molecule has 0 aliphatic rings. The maximum atomic E-state index is 9.32. The zero-order chi connectivity index (χ0) is 5.91. The van der Waals surface area contributed by atoms with Gasteiger partial charge in [0.1, 0.15) is 6.79 Å². The molecule has 9 heavy (non-hydrogen) atoms. The van der Waals surface area contributed by atoms with Crippen LogP contribution in [0.4, 0.5) is 0 Å². The summed E-state index contributed by atoms with van der Waals surface area (Å²) in [5.74, 6) is 0. The zero-order valence-electron chi connectivity index (χ0n) is 5.23. The molecule has 0 aliphatic heterocycles. The third kappa shape index (κ3) is 17.8. The summed E-state index contributed by atoms with van der Waals surface area (Å²) < 4.78 is 12.6. The van der Waals surface area contributed by atoms with Crippen LogP contribution < -0.4 is 68.9 Å². The van der Waals surface area contributed by atoms with Crippen molar-refractivity contribution in [3.63, 3.8) is 0 Å². The van der Waals surface area contributed by atoms with Gasteiger partial charge in [-0.25, -0.2) is 0 Å². The fourth-order valence-electron chi connectivity index (χ4n) is 0.0707. The number of hydrogen-bond acceptors (Lipinski definition) is 5. The molecule has 0 amide bonds. The number of aliphatic hydroxyl groups is 1. The maximum absolute atomic E-state index is 9.32. The summed E-state index contributed by atoms with van der Waals surface area (Å²) in [4.78, 5) is 18.6. The summed E-state index contributed by atoms with van der Waals surface area (Å²) in [5.41, 5.74) is 0. The number of aliphatic hydroxyl groups excluding tert-OH is 1. The molecule has 0 fully saturated rings. The van der Waals surface area contributed by atoms with E-state index in [0.29, 0.717) is 0 Å². The largest absolute Gasteiger partial charge is 1.00 e. The monoisotopic (exact) mass is 172 g/mol. The van der Waals surface area contributed by atoms with Gasteiger partial charge < -0.3 is 24.0 Å². The van der Waals surface area contributed by atoms with E-state index in [9.17, 15) is 14.4 Å². The van der Waals surface area contributed by atoms with Crippen LogP contribution in [0.1, 0.15) is 0 Å². The number of rotatable bonds is 2. The van der Waals surface area contributed by atoms with Gasteiger partial charge in [0.25, 0.3) is 0 Å². The summed E-state index contributed by atoms with van der Waals surface area (Å²) in [6.45, 7) is -1.08. The molecule has 0 saturated carbocycles. The molecule has 5 nitrogen and oxygen atoms in total. The maximum Gasteiger partial charge on any atom is 1.00 e. The quantitative estimate of drug-likeness (QED) is 0.253.